The summed E-state index contributed by atoms with van der Waals surface area (Å²) in [7, 11) is 1.40. The second-order valence-corrected chi connectivity index (χ2v) is 6.09. The summed E-state index contributed by atoms with van der Waals surface area (Å²) in [4.78, 5) is 24.9. The standard InChI is InChI=1S/C14H26N2O4/c1-14(2,3)20-13(18)15-11-5-8-16(9-6-11)10-7-12(17)19-4/h11H,5-10H2,1-4H3,(H,15,18). The van der Waals surface area contributed by atoms with Gasteiger partial charge in [-0.25, -0.2) is 4.79 Å². The average Bonchev–Trinajstić information content (AvgIpc) is 2.35. The number of nitrogens with one attached hydrogen (secondary N) is 1. The number of nitrogens with zero attached hydrogens (tertiary/aromatic N) is 1. The molecule has 0 radical (unpaired) electrons. The second kappa shape index (κ2) is 7.47. The highest BCUT2D eigenvalue weighted by molar-refractivity contribution is 5.69. The van der Waals surface area contributed by atoms with E-state index >= 15 is 0 Å². The molecule has 0 unspecified atom stereocenters. The Kier molecular flexibility index (Phi) is 6.26. The zero-order chi connectivity index (χ0) is 15.2. The van der Waals surface area contributed by atoms with Crippen LogP contribution in [0.2, 0.25) is 0 Å². The summed E-state index contributed by atoms with van der Waals surface area (Å²) in [6.07, 6.45) is 1.81. The molecule has 0 aromatic carbocycles. The summed E-state index contributed by atoms with van der Waals surface area (Å²) in [5.41, 5.74) is -0.467. The number of carbonyl (C=O) groups is 2. The number of hydrogen-bond donors (Lipinski definition) is 1. The predicted molar refractivity (Wildman–Crippen MR) is 75.5 cm³/mol. The first-order chi connectivity index (χ1) is 9.30. The van der Waals surface area contributed by atoms with Crippen molar-refractivity contribution in [2.45, 2.75) is 51.7 Å². The summed E-state index contributed by atoms with van der Waals surface area (Å²) >= 11 is 0. The van der Waals surface area contributed by atoms with Crippen LogP contribution in [0.15, 0.2) is 0 Å². The molecule has 1 rings (SSSR count). The van der Waals surface area contributed by atoms with Crippen LogP contribution in [0.5, 0.6) is 0 Å². The fourth-order valence-electron chi connectivity index (χ4n) is 2.13. The van der Waals surface area contributed by atoms with Crippen LogP contribution in [-0.4, -0.2) is 55.3 Å². The molecule has 1 aliphatic heterocycles. The molecule has 0 aromatic heterocycles. The predicted octanol–water partition coefficient (Wildman–Crippen LogP) is 1.54. The van der Waals surface area contributed by atoms with E-state index in [4.69, 9.17) is 4.74 Å². The van der Waals surface area contributed by atoms with Gasteiger partial charge in [-0.2, -0.15) is 0 Å². The van der Waals surface area contributed by atoms with E-state index in [1.807, 2.05) is 20.8 Å². The molecule has 6 nitrogen and oxygen atoms in total. The van der Waals surface area contributed by atoms with Crippen molar-refractivity contribution in [2.75, 3.05) is 26.7 Å². The molecule has 0 saturated carbocycles. The minimum Gasteiger partial charge on any atom is -0.469 e. The Hall–Kier alpha value is -1.30. The molecule has 0 bridgehead atoms. The third-order valence-corrected chi connectivity index (χ3v) is 3.17. The van der Waals surface area contributed by atoms with Crippen LogP contribution < -0.4 is 5.32 Å². The van der Waals surface area contributed by atoms with E-state index in [9.17, 15) is 9.59 Å². The monoisotopic (exact) mass is 286 g/mol. The highest BCUT2D eigenvalue weighted by Gasteiger charge is 2.23. The van der Waals surface area contributed by atoms with E-state index < -0.39 is 5.60 Å². The van der Waals surface area contributed by atoms with Gasteiger partial charge in [0.25, 0.3) is 0 Å². The number of carbonyl (C=O) groups excluding carboxylic acids is 2. The van der Waals surface area contributed by atoms with Crippen molar-refractivity contribution in [1.29, 1.82) is 0 Å². The molecule has 20 heavy (non-hydrogen) atoms. The van der Waals surface area contributed by atoms with Gasteiger partial charge in [-0.3, -0.25) is 4.79 Å². The van der Waals surface area contributed by atoms with Crippen LogP contribution in [0, 0.1) is 0 Å². The Morgan fingerprint density at radius 3 is 2.35 bits per heavy atom. The minimum absolute atomic E-state index is 0.152. The number of methoxy groups -OCH3 is 1. The summed E-state index contributed by atoms with van der Waals surface area (Å²) in [5.74, 6) is -0.181. The number of likely N-dealkylation sites (tertiary alicyclic amines) is 1. The number of piperidine rings is 1. The van der Waals surface area contributed by atoms with Crippen molar-refractivity contribution in [3.63, 3.8) is 0 Å². The Labute approximate surface area is 120 Å². The van der Waals surface area contributed by atoms with Crippen molar-refractivity contribution in [3.8, 4) is 0 Å². The van der Waals surface area contributed by atoms with Crippen molar-refractivity contribution in [1.82, 2.24) is 10.2 Å². The van der Waals surface area contributed by atoms with Gasteiger partial charge in [-0.1, -0.05) is 0 Å². The van der Waals surface area contributed by atoms with Gasteiger partial charge in [0.2, 0.25) is 0 Å². The van der Waals surface area contributed by atoms with E-state index in [0.717, 1.165) is 25.9 Å². The lowest BCUT2D eigenvalue weighted by Gasteiger charge is -2.32. The average molecular weight is 286 g/mol. The molecule has 116 valence electrons. The molecule has 0 spiro atoms. The lowest BCUT2D eigenvalue weighted by molar-refractivity contribution is -0.141. The van der Waals surface area contributed by atoms with E-state index in [0.29, 0.717) is 13.0 Å². The third kappa shape index (κ3) is 6.75. The Morgan fingerprint density at radius 2 is 1.85 bits per heavy atom. The molecule has 1 amide bonds. The van der Waals surface area contributed by atoms with E-state index in [1.165, 1.54) is 7.11 Å². The SMILES string of the molecule is COC(=O)CCN1CCC(NC(=O)OC(C)(C)C)CC1. The Balaban J connectivity index is 2.22. The van der Waals surface area contributed by atoms with E-state index in [1.54, 1.807) is 0 Å². The first kappa shape index (κ1) is 16.8. The van der Waals surface area contributed by atoms with Gasteiger partial charge in [0.1, 0.15) is 5.60 Å². The molecule has 1 fully saturated rings. The van der Waals surface area contributed by atoms with Gasteiger partial charge < -0.3 is 19.7 Å². The van der Waals surface area contributed by atoms with Gasteiger partial charge in [-0.05, 0) is 33.6 Å². The zero-order valence-corrected chi connectivity index (χ0v) is 12.9. The summed E-state index contributed by atoms with van der Waals surface area (Å²) in [6.45, 7) is 8.01. The molecule has 1 aliphatic rings. The Bertz CT molecular complexity index is 331. The molecule has 1 heterocycles. The fraction of sp³-hybridized carbons (Fsp3) is 0.857. The van der Waals surface area contributed by atoms with Crippen molar-refractivity contribution in [2.24, 2.45) is 0 Å². The highest BCUT2D eigenvalue weighted by Crippen LogP contribution is 2.12. The molecule has 6 heteroatoms. The van der Waals surface area contributed by atoms with Crippen LogP contribution in [0.25, 0.3) is 0 Å². The van der Waals surface area contributed by atoms with Crippen LogP contribution in [-0.2, 0) is 14.3 Å². The quantitative estimate of drug-likeness (QED) is 0.794. The third-order valence-electron chi connectivity index (χ3n) is 3.17. The number of ether oxygens (including phenoxy) is 2. The number of esters is 1. The first-order valence-electron chi connectivity index (χ1n) is 7.09. The van der Waals surface area contributed by atoms with Gasteiger partial charge >= 0.3 is 12.1 Å². The van der Waals surface area contributed by atoms with Crippen LogP contribution in [0.1, 0.15) is 40.0 Å². The Morgan fingerprint density at radius 1 is 1.25 bits per heavy atom. The first-order valence-corrected chi connectivity index (χ1v) is 7.09. The van der Waals surface area contributed by atoms with Crippen LogP contribution in [0.4, 0.5) is 4.79 Å². The molecule has 0 aliphatic carbocycles. The van der Waals surface area contributed by atoms with Crippen LogP contribution in [0.3, 0.4) is 0 Å². The van der Waals surface area contributed by atoms with Gasteiger partial charge in [-0.15, -0.1) is 0 Å². The number of rotatable bonds is 4. The van der Waals surface area contributed by atoms with Gasteiger partial charge in [0.05, 0.1) is 13.5 Å². The van der Waals surface area contributed by atoms with Gasteiger partial charge in [0, 0.05) is 25.7 Å². The zero-order valence-electron chi connectivity index (χ0n) is 12.9. The largest absolute Gasteiger partial charge is 0.469 e. The normalized spacial score (nSPS) is 17.6. The molecule has 1 saturated heterocycles. The molecular formula is C14H26N2O4. The number of amides is 1. The smallest absolute Gasteiger partial charge is 0.407 e. The fourth-order valence-corrected chi connectivity index (χ4v) is 2.13. The van der Waals surface area contributed by atoms with Crippen LogP contribution >= 0.6 is 0 Å². The maximum absolute atomic E-state index is 11.7. The summed E-state index contributed by atoms with van der Waals surface area (Å²) in [6, 6.07) is 0.152. The molecular weight excluding hydrogens is 260 g/mol. The molecule has 0 aromatic rings. The van der Waals surface area contributed by atoms with Crippen molar-refractivity contribution >= 4 is 12.1 Å². The highest BCUT2D eigenvalue weighted by atomic mass is 16.6. The number of alkyl carbamates (subject to hydrolysis) is 1. The van der Waals surface area contributed by atoms with Crippen molar-refractivity contribution < 1.29 is 19.1 Å². The van der Waals surface area contributed by atoms with Crippen molar-refractivity contribution in [3.05, 3.63) is 0 Å². The minimum atomic E-state index is -0.467. The lowest BCUT2D eigenvalue weighted by Crippen LogP contribution is -2.46. The van der Waals surface area contributed by atoms with E-state index in [-0.39, 0.29) is 18.1 Å². The van der Waals surface area contributed by atoms with E-state index in [2.05, 4.69) is 15.0 Å². The maximum Gasteiger partial charge on any atom is 0.407 e. The summed E-state index contributed by atoms with van der Waals surface area (Å²) < 4.78 is 9.86. The lowest BCUT2D eigenvalue weighted by atomic mass is 10.1. The molecule has 0 atom stereocenters. The van der Waals surface area contributed by atoms with Gasteiger partial charge in [0.15, 0.2) is 0 Å². The topological polar surface area (TPSA) is 67.9 Å². The second-order valence-electron chi connectivity index (χ2n) is 6.09. The summed E-state index contributed by atoms with van der Waals surface area (Å²) in [5, 5.41) is 2.89. The molecule has 1 N–H and O–H groups in total. The number of hydrogen-bond acceptors (Lipinski definition) is 5. The maximum atomic E-state index is 11.7.